The summed E-state index contributed by atoms with van der Waals surface area (Å²) in [5.74, 6) is 1.32. The highest BCUT2D eigenvalue weighted by Gasteiger charge is 2.25. The van der Waals surface area contributed by atoms with Gasteiger partial charge in [-0.3, -0.25) is 0 Å². The van der Waals surface area contributed by atoms with Crippen molar-refractivity contribution in [1.29, 1.82) is 0 Å². The second kappa shape index (κ2) is 7.65. The summed E-state index contributed by atoms with van der Waals surface area (Å²) < 4.78 is 16.4. The predicted octanol–water partition coefficient (Wildman–Crippen LogP) is 5.99. The first-order valence-corrected chi connectivity index (χ1v) is 9.96. The summed E-state index contributed by atoms with van der Waals surface area (Å²) in [5, 5.41) is 4.42. The molecular formula is C27H20O4. The monoisotopic (exact) mass is 408 g/mol. The summed E-state index contributed by atoms with van der Waals surface area (Å²) in [6.07, 6.45) is 3.67. The fraction of sp³-hybridized carbons (Fsp3) is 0.0741. The van der Waals surface area contributed by atoms with Gasteiger partial charge < -0.3 is 14.2 Å². The number of carbonyl (C=O) groups excluding carboxylic acids is 1. The Labute approximate surface area is 180 Å². The molecule has 0 fully saturated rings. The number of ether oxygens (including phenoxy) is 3. The van der Waals surface area contributed by atoms with Crippen LogP contribution in [0.1, 0.15) is 11.1 Å². The number of hydrogen-bond acceptors (Lipinski definition) is 4. The fourth-order valence-corrected chi connectivity index (χ4v) is 3.99. The van der Waals surface area contributed by atoms with E-state index < -0.39 is 5.97 Å². The lowest BCUT2D eigenvalue weighted by Crippen LogP contribution is -1.99. The summed E-state index contributed by atoms with van der Waals surface area (Å²) in [4.78, 5) is 12.8. The van der Waals surface area contributed by atoms with Gasteiger partial charge in [0.05, 0.1) is 25.4 Å². The van der Waals surface area contributed by atoms with E-state index in [0.29, 0.717) is 28.4 Å². The summed E-state index contributed by atoms with van der Waals surface area (Å²) in [5.41, 5.74) is 2.15. The van der Waals surface area contributed by atoms with Crippen molar-refractivity contribution in [2.24, 2.45) is 0 Å². The maximum absolute atomic E-state index is 12.8. The van der Waals surface area contributed by atoms with E-state index in [4.69, 9.17) is 14.2 Å². The second-order valence-corrected chi connectivity index (χ2v) is 7.30. The molecule has 0 saturated heterocycles. The predicted molar refractivity (Wildman–Crippen MR) is 123 cm³/mol. The molecule has 152 valence electrons. The molecule has 0 bridgehead atoms. The molecule has 0 amide bonds. The average molecular weight is 408 g/mol. The minimum Gasteiger partial charge on any atom is -0.497 e. The molecule has 0 unspecified atom stereocenters. The van der Waals surface area contributed by atoms with E-state index in [1.165, 1.54) is 0 Å². The van der Waals surface area contributed by atoms with Crippen molar-refractivity contribution in [3.63, 3.8) is 0 Å². The van der Waals surface area contributed by atoms with Gasteiger partial charge >= 0.3 is 5.97 Å². The number of rotatable bonds is 4. The Morgan fingerprint density at radius 2 is 1.48 bits per heavy atom. The standard InChI is InChI=1S/C27H20O4/c1-29-20-11-12-25(30-2)24(16-20)26-15-19(27(28)31-26)14-23-21-9-5-3-7-17(21)13-18-8-4-6-10-22(18)23/h3-16H,1-2H3/b19-14-. The third kappa shape index (κ3) is 3.32. The van der Waals surface area contributed by atoms with Gasteiger partial charge in [-0.15, -0.1) is 0 Å². The summed E-state index contributed by atoms with van der Waals surface area (Å²) in [6, 6.07) is 23.9. The summed E-state index contributed by atoms with van der Waals surface area (Å²) >= 11 is 0. The molecular weight excluding hydrogens is 388 g/mol. The van der Waals surface area contributed by atoms with Crippen LogP contribution < -0.4 is 9.47 Å². The number of fused-ring (bicyclic) bond motifs is 2. The SMILES string of the molecule is COc1ccc(OC)c(C2=C/C(=C/c3c4ccccc4cc4ccccc34)C(=O)O2)c1. The van der Waals surface area contributed by atoms with Crippen molar-refractivity contribution < 1.29 is 19.0 Å². The fourth-order valence-electron chi connectivity index (χ4n) is 3.99. The Kier molecular flexibility index (Phi) is 4.68. The van der Waals surface area contributed by atoms with Crippen LogP contribution in [0.15, 0.2) is 84.4 Å². The van der Waals surface area contributed by atoms with Crippen LogP contribution in [-0.4, -0.2) is 20.2 Å². The molecule has 4 nitrogen and oxygen atoms in total. The van der Waals surface area contributed by atoms with Gasteiger partial charge in [0.1, 0.15) is 17.3 Å². The van der Waals surface area contributed by atoms with Gasteiger partial charge in [-0.25, -0.2) is 4.79 Å². The quantitative estimate of drug-likeness (QED) is 0.236. The van der Waals surface area contributed by atoms with Crippen molar-refractivity contribution in [3.8, 4) is 11.5 Å². The minimum absolute atomic E-state index is 0.392. The molecule has 31 heavy (non-hydrogen) atoms. The molecule has 5 rings (SSSR count). The van der Waals surface area contributed by atoms with Crippen LogP contribution in [0.3, 0.4) is 0 Å². The molecule has 0 N–H and O–H groups in total. The molecule has 4 aromatic rings. The van der Waals surface area contributed by atoms with Crippen LogP contribution in [0.2, 0.25) is 0 Å². The van der Waals surface area contributed by atoms with Crippen LogP contribution in [0.4, 0.5) is 0 Å². The van der Waals surface area contributed by atoms with E-state index in [9.17, 15) is 4.79 Å². The van der Waals surface area contributed by atoms with Crippen molar-refractivity contribution in [2.75, 3.05) is 14.2 Å². The Balaban J connectivity index is 1.69. The third-order valence-corrected chi connectivity index (χ3v) is 5.51. The van der Waals surface area contributed by atoms with Crippen molar-refractivity contribution in [2.45, 2.75) is 0 Å². The highest BCUT2D eigenvalue weighted by molar-refractivity contribution is 6.12. The summed E-state index contributed by atoms with van der Waals surface area (Å²) in [6.45, 7) is 0. The van der Waals surface area contributed by atoms with Gasteiger partial charge in [0.2, 0.25) is 0 Å². The van der Waals surface area contributed by atoms with E-state index in [2.05, 4.69) is 30.3 Å². The molecule has 0 aliphatic carbocycles. The topological polar surface area (TPSA) is 44.8 Å². The lowest BCUT2D eigenvalue weighted by atomic mass is 9.95. The molecule has 1 aliphatic rings. The number of esters is 1. The first-order valence-electron chi connectivity index (χ1n) is 9.96. The molecule has 0 radical (unpaired) electrons. The largest absolute Gasteiger partial charge is 0.497 e. The maximum Gasteiger partial charge on any atom is 0.343 e. The van der Waals surface area contributed by atoms with Gasteiger partial charge in [0.25, 0.3) is 0 Å². The molecule has 1 aliphatic heterocycles. The molecule has 4 aromatic carbocycles. The van der Waals surface area contributed by atoms with Crippen molar-refractivity contribution in [1.82, 2.24) is 0 Å². The summed E-state index contributed by atoms with van der Waals surface area (Å²) in [7, 11) is 3.18. The van der Waals surface area contributed by atoms with E-state index in [1.54, 1.807) is 38.5 Å². The molecule has 0 aromatic heterocycles. The maximum atomic E-state index is 12.8. The average Bonchev–Trinajstić information content (AvgIpc) is 3.18. The van der Waals surface area contributed by atoms with Crippen molar-refractivity contribution >= 4 is 39.3 Å². The zero-order chi connectivity index (χ0) is 21.4. The second-order valence-electron chi connectivity index (χ2n) is 7.30. The van der Waals surface area contributed by atoms with Crippen LogP contribution in [0.25, 0.3) is 33.4 Å². The minimum atomic E-state index is -0.392. The number of hydrogen-bond donors (Lipinski definition) is 0. The third-order valence-electron chi connectivity index (χ3n) is 5.51. The zero-order valence-corrected chi connectivity index (χ0v) is 17.2. The number of methoxy groups -OCH3 is 2. The lowest BCUT2D eigenvalue weighted by Gasteiger charge is -2.10. The smallest absolute Gasteiger partial charge is 0.343 e. The van der Waals surface area contributed by atoms with Crippen LogP contribution in [-0.2, 0) is 9.53 Å². The van der Waals surface area contributed by atoms with Crippen LogP contribution in [0.5, 0.6) is 11.5 Å². The Morgan fingerprint density at radius 1 is 0.806 bits per heavy atom. The van der Waals surface area contributed by atoms with E-state index >= 15 is 0 Å². The van der Waals surface area contributed by atoms with E-state index in [-0.39, 0.29) is 0 Å². The first kappa shape index (κ1) is 18.9. The van der Waals surface area contributed by atoms with Crippen molar-refractivity contribution in [3.05, 3.63) is 95.6 Å². The van der Waals surface area contributed by atoms with Gasteiger partial charge in [-0.05, 0) is 63.5 Å². The highest BCUT2D eigenvalue weighted by Crippen LogP contribution is 2.37. The molecule has 1 heterocycles. The first-order chi connectivity index (χ1) is 15.2. The number of benzene rings is 4. The molecule has 4 heteroatoms. The Bertz CT molecular complexity index is 1340. The van der Waals surface area contributed by atoms with E-state index in [0.717, 1.165) is 27.1 Å². The molecule has 0 atom stereocenters. The van der Waals surface area contributed by atoms with Gasteiger partial charge in [0, 0.05) is 0 Å². The van der Waals surface area contributed by atoms with Gasteiger partial charge in [0.15, 0.2) is 0 Å². The van der Waals surface area contributed by atoms with Gasteiger partial charge in [-0.1, -0.05) is 48.5 Å². The van der Waals surface area contributed by atoms with Crippen LogP contribution >= 0.6 is 0 Å². The molecule has 0 spiro atoms. The van der Waals surface area contributed by atoms with Crippen LogP contribution in [0, 0.1) is 0 Å². The zero-order valence-electron chi connectivity index (χ0n) is 17.2. The molecule has 0 saturated carbocycles. The van der Waals surface area contributed by atoms with E-state index in [1.807, 2.05) is 30.3 Å². The Morgan fingerprint density at radius 3 is 2.13 bits per heavy atom. The number of carbonyl (C=O) groups is 1. The normalized spacial score (nSPS) is 14.7. The highest BCUT2D eigenvalue weighted by atomic mass is 16.5. The Hall–Kier alpha value is -4.05. The van der Waals surface area contributed by atoms with Gasteiger partial charge in [-0.2, -0.15) is 0 Å². The number of cyclic esters (lactones) is 1. The lowest BCUT2D eigenvalue weighted by molar-refractivity contribution is -0.130.